The monoisotopic (exact) mass is 273 g/mol. The Labute approximate surface area is 98.0 Å². The minimum atomic E-state index is 0.587. The van der Waals surface area contributed by atoms with Crippen LogP contribution in [0.15, 0.2) is 22.7 Å². The van der Waals surface area contributed by atoms with E-state index in [1.165, 1.54) is 18.4 Å². The van der Waals surface area contributed by atoms with Crippen molar-refractivity contribution in [1.29, 1.82) is 0 Å². The van der Waals surface area contributed by atoms with Gasteiger partial charge in [-0.25, -0.2) is 0 Å². The number of hydrogen-bond donors (Lipinski definition) is 1. The van der Waals surface area contributed by atoms with Gasteiger partial charge in [0.1, 0.15) is 0 Å². The zero-order valence-electron chi connectivity index (χ0n) is 7.89. The van der Waals surface area contributed by atoms with Gasteiger partial charge >= 0.3 is 0 Å². The molecule has 1 aromatic rings. The van der Waals surface area contributed by atoms with Crippen LogP contribution in [0.2, 0.25) is 5.02 Å². The fraction of sp³-hybridized carbons (Fsp3) is 0.455. The van der Waals surface area contributed by atoms with Gasteiger partial charge in [0.2, 0.25) is 0 Å². The van der Waals surface area contributed by atoms with E-state index >= 15 is 0 Å². The number of nitrogens with one attached hydrogen (secondary N) is 1. The molecule has 1 aromatic carbocycles. The molecular weight excluding hydrogens is 261 g/mol. The summed E-state index contributed by atoms with van der Waals surface area (Å²) in [5, 5.41) is 4.29. The number of piperidine rings is 1. The second kappa shape index (κ2) is 4.65. The van der Waals surface area contributed by atoms with Gasteiger partial charge in [-0.1, -0.05) is 33.6 Å². The Morgan fingerprint density at radius 3 is 2.93 bits per heavy atom. The van der Waals surface area contributed by atoms with Crippen LogP contribution in [0.1, 0.15) is 24.3 Å². The first-order valence-electron chi connectivity index (χ1n) is 4.93. The summed E-state index contributed by atoms with van der Waals surface area (Å²) in [4.78, 5) is 0. The Bertz CT molecular complexity index is 321. The van der Waals surface area contributed by atoms with Gasteiger partial charge in [-0.2, -0.15) is 0 Å². The lowest BCUT2D eigenvalue weighted by Crippen LogP contribution is -2.28. The molecule has 1 aliphatic heterocycles. The third kappa shape index (κ3) is 2.30. The van der Waals surface area contributed by atoms with Crippen LogP contribution in [-0.2, 0) is 0 Å². The van der Waals surface area contributed by atoms with Crippen molar-refractivity contribution in [1.82, 2.24) is 5.32 Å². The summed E-state index contributed by atoms with van der Waals surface area (Å²) in [6, 6.07) is 6.17. The van der Waals surface area contributed by atoms with Crippen molar-refractivity contribution in [3.8, 4) is 0 Å². The lowest BCUT2D eigenvalue weighted by atomic mass is 9.92. The molecule has 14 heavy (non-hydrogen) atoms. The van der Waals surface area contributed by atoms with Crippen molar-refractivity contribution in [2.24, 2.45) is 0 Å². The highest BCUT2D eigenvalue weighted by Crippen LogP contribution is 2.31. The summed E-state index contributed by atoms with van der Waals surface area (Å²) < 4.78 is 1.05. The molecule has 76 valence electrons. The number of benzene rings is 1. The topological polar surface area (TPSA) is 12.0 Å². The molecule has 1 N–H and O–H groups in total. The maximum atomic E-state index is 6.21. The molecule has 0 bridgehead atoms. The van der Waals surface area contributed by atoms with Crippen LogP contribution in [0, 0.1) is 0 Å². The highest BCUT2D eigenvalue weighted by atomic mass is 79.9. The standard InChI is InChI=1S/C11H13BrClN/c12-9-3-4-10(11(13)6-9)8-2-1-5-14-7-8/h3-4,6,8,14H,1-2,5,7H2/t8-/m1/s1. The molecule has 0 radical (unpaired) electrons. The molecule has 0 aromatic heterocycles. The largest absolute Gasteiger partial charge is 0.316 e. The molecule has 1 atom stereocenters. The Kier molecular flexibility index (Phi) is 3.47. The maximum Gasteiger partial charge on any atom is 0.0452 e. The van der Waals surface area contributed by atoms with E-state index in [0.717, 1.165) is 22.6 Å². The van der Waals surface area contributed by atoms with E-state index in [1.54, 1.807) is 0 Å². The highest BCUT2D eigenvalue weighted by molar-refractivity contribution is 9.10. The van der Waals surface area contributed by atoms with E-state index in [9.17, 15) is 0 Å². The predicted octanol–water partition coefficient (Wildman–Crippen LogP) is 3.57. The first-order chi connectivity index (χ1) is 6.77. The lowest BCUT2D eigenvalue weighted by Gasteiger charge is -2.23. The van der Waals surface area contributed by atoms with Gasteiger partial charge in [0.15, 0.2) is 0 Å². The fourth-order valence-corrected chi connectivity index (χ4v) is 2.78. The molecule has 0 saturated carbocycles. The van der Waals surface area contributed by atoms with Crippen LogP contribution in [0.3, 0.4) is 0 Å². The normalized spacial score (nSPS) is 22.3. The van der Waals surface area contributed by atoms with Gasteiger partial charge < -0.3 is 5.32 Å². The molecular formula is C11H13BrClN. The molecule has 1 heterocycles. The van der Waals surface area contributed by atoms with Crippen LogP contribution in [-0.4, -0.2) is 13.1 Å². The number of rotatable bonds is 1. The molecule has 1 nitrogen and oxygen atoms in total. The van der Waals surface area contributed by atoms with Gasteiger partial charge in [0, 0.05) is 16.0 Å². The van der Waals surface area contributed by atoms with E-state index < -0.39 is 0 Å². The van der Waals surface area contributed by atoms with E-state index in [1.807, 2.05) is 6.07 Å². The Balaban J connectivity index is 2.22. The molecule has 1 saturated heterocycles. The van der Waals surface area contributed by atoms with Crippen molar-refractivity contribution < 1.29 is 0 Å². The predicted molar refractivity (Wildman–Crippen MR) is 64.0 cm³/mol. The summed E-state index contributed by atoms with van der Waals surface area (Å²) in [7, 11) is 0. The smallest absolute Gasteiger partial charge is 0.0452 e. The summed E-state index contributed by atoms with van der Waals surface area (Å²) >= 11 is 9.63. The molecule has 2 rings (SSSR count). The number of halogens is 2. The van der Waals surface area contributed by atoms with Gasteiger partial charge in [0.05, 0.1) is 0 Å². The quantitative estimate of drug-likeness (QED) is 0.825. The lowest BCUT2D eigenvalue weighted by molar-refractivity contribution is 0.462. The first kappa shape index (κ1) is 10.5. The SMILES string of the molecule is Clc1cc(Br)ccc1[C@@H]1CCCNC1. The fourth-order valence-electron chi connectivity index (χ4n) is 1.95. The minimum absolute atomic E-state index is 0.587. The molecule has 0 aliphatic carbocycles. The van der Waals surface area contributed by atoms with E-state index in [2.05, 4.69) is 33.4 Å². The molecule has 1 fully saturated rings. The van der Waals surface area contributed by atoms with Crippen LogP contribution in [0.4, 0.5) is 0 Å². The summed E-state index contributed by atoms with van der Waals surface area (Å²) in [6.45, 7) is 2.20. The van der Waals surface area contributed by atoms with Crippen molar-refractivity contribution in [2.75, 3.05) is 13.1 Å². The van der Waals surface area contributed by atoms with Crippen LogP contribution < -0.4 is 5.32 Å². The summed E-state index contributed by atoms with van der Waals surface area (Å²) in [5.74, 6) is 0.587. The van der Waals surface area contributed by atoms with Crippen molar-refractivity contribution in [3.63, 3.8) is 0 Å². The third-order valence-electron chi connectivity index (χ3n) is 2.70. The van der Waals surface area contributed by atoms with E-state index in [0.29, 0.717) is 5.92 Å². The van der Waals surface area contributed by atoms with Crippen molar-refractivity contribution in [3.05, 3.63) is 33.3 Å². The maximum absolute atomic E-state index is 6.21. The van der Waals surface area contributed by atoms with E-state index in [4.69, 9.17) is 11.6 Å². The zero-order valence-corrected chi connectivity index (χ0v) is 10.2. The van der Waals surface area contributed by atoms with Crippen LogP contribution in [0.25, 0.3) is 0 Å². The Morgan fingerprint density at radius 1 is 1.43 bits per heavy atom. The van der Waals surface area contributed by atoms with Crippen molar-refractivity contribution in [2.45, 2.75) is 18.8 Å². The molecule has 0 spiro atoms. The van der Waals surface area contributed by atoms with E-state index in [-0.39, 0.29) is 0 Å². The first-order valence-corrected chi connectivity index (χ1v) is 6.10. The van der Waals surface area contributed by atoms with Gasteiger partial charge in [-0.15, -0.1) is 0 Å². The minimum Gasteiger partial charge on any atom is -0.316 e. The van der Waals surface area contributed by atoms with Crippen LogP contribution >= 0.6 is 27.5 Å². The molecule has 3 heteroatoms. The highest BCUT2D eigenvalue weighted by Gasteiger charge is 2.17. The molecule has 0 unspecified atom stereocenters. The van der Waals surface area contributed by atoms with Crippen LogP contribution in [0.5, 0.6) is 0 Å². The second-order valence-electron chi connectivity index (χ2n) is 3.71. The molecule has 1 aliphatic rings. The zero-order chi connectivity index (χ0) is 9.97. The Hall–Kier alpha value is -0.0500. The van der Waals surface area contributed by atoms with Crippen molar-refractivity contribution >= 4 is 27.5 Å². The number of hydrogen-bond acceptors (Lipinski definition) is 1. The Morgan fingerprint density at radius 2 is 2.29 bits per heavy atom. The second-order valence-corrected chi connectivity index (χ2v) is 5.03. The molecule has 0 amide bonds. The van der Waals surface area contributed by atoms with Gasteiger partial charge in [-0.3, -0.25) is 0 Å². The summed E-state index contributed by atoms with van der Waals surface area (Å²) in [5.41, 5.74) is 1.28. The average molecular weight is 275 g/mol. The summed E-state index contributed by atoms with van der Waals surface area (Å²) in [6.07, 6.45) is 2.49. The average Bonchev–Trinajstić information content (AvgIpc) is 2.19. The van der Waals surface area contributed by atoms with Gasteiger partial charge in [0.25, 0.3) is 0 Å². The third-order valence-corrected chi connectivity index (χ3v) is 3.52. The van der Waals surface area contributed by atoms with Gasteiger partial charge in [-0.05, 0) is 43.0 Å².